The first kappa shape index (κ1) is 18.1. The molecule has 26 heavy (non-hydrogen) atoms. The lowest BCUT2D eigenvalue weighted by atomic mass is 10.2. The fourth-order valence-electron chi connectivity index (χ4n) is 2.37. The second-order valence-electron chi connectivity index (χ2n) is 5.30. The first-order valence-electron chi connectivity index (χ1n) is 8.14. The van der Waals surface area contributed by atoms with Crippen LogP contribution in [-0.2, 0) is 5.75 Å². The summed E-state index contributed by atoms with van der Waals surface area (Å²) in [6, 6.07) is 13.4. The highest BCUT2D eigenvalue weighted by Gasteiger charge is 2.13. The lowest BCUT2D eigenvalue weighted by molar-refractivity contribution is 0.337. The van der Waals surface area contributed by atoms with Gasteiger partial charge in [0.1, 0.15) is 17.2 Å². The number of methoxy groups -OCH3 is 2. The number of aromatic nitrogens is 2. The van der Waals surface area contributed by atoms with Crippen molar-refractivity contribution in [1.29, 1.82) is 0 Å². The van der Waals surface area contributed by atoms with Gasteiger partial charge in [-0.2, -0.15) is 0 Å². The number of hydrogen-bond donors (Lipinski definition) is 0. The molecular formula is C19H20N2O4S. The van der Waals surface area contributed by atoms with Crippen LogP contribution in [-0.4, -0.2) is 31.0 Å². The van der Waals surface area contributed by atoms with Crippen molar-refractivity contribution < 1.29 is 18.6 Å². The minimum Gasteiger partial charge on any atom is -0.497 e. The Labute approximate surface area is 156 Å². The number of para-hydroxylation sites is 1. The third-order valence-electron chi connectivity index (χ3n) is 3.63. The Morgan fingerprint density at radius 3 is 2.42 bits per heavy atom. The fraction of sp³-hybridized carbons (Fsp3) is 0.263. The van der Waals surface area contributed by atoms with E-state index in [1.165, 1.54) is 11.8 Å². The van der Waals surface area contributed by atoms with E-state index in [4.69, 9.17) is 18.6 Å². The number of rotatable bonds is 8. The minimum atomic E-state index is 0.419. The first-order valence-corrected chi connectivity index (χ1v) is 9.12. The van der Waals surface area contributed by atoms with E-state index in [0.29, 0.717) is 35.0 Å². The molecule has 136 valence electrons. The van der Waals surface area contributed by atoms with Crippen LogP contribution >= 0.6 is 11.8 Å². The first-order chi connectivity index (χ1) is 12.7. The molecule has 0 saturated heterocycles. The van der Waals surface area contributed by atoms with E-state index in [2.05, 4.69) is 10.2 Å². The maximum atomic E-state index is 5.78. The molecule has 0 unspecified atom stereocenters. The summed E-state index contributed by atoms with van der Waals surface area (Å²) >= 11 is 1.47. The second-order valence-corrected chi connectivity index (χ2v) is 6.23. The van der Waals surface area contributed by atoms with E-state index < -0.39 is 0 Å². The average molecular weight is 372 g/mol. The SMILES string of the molecule is CCOc1ccccc1CSc1nnc(-c2cc(OC)cc(OC)c2)o1. The summed E-state index contributed by atoms with van der Waals surface area (Å²) < 4.78 is 22.0. The van der Waals surface area contributed by atoms with Crippen LogP contribution in [0.1, 0.15) is 12.5 Å². The average Bonchev–Trinajstić information content (AvgIpc) is 3.16. The molecule has 0 amide bonds. The van der Waals surface area contributed by atoms with Crippen molar-refractivity contribution in [3.8, 4) is 28.7 Å². The Balaban J connectivity index is 1.75. The molecule has 0 aliphatic rings. The smallest absolute Gasteiger partial charge is 0.277 e. The third kappa shape index (κ3) is 4.29. The van der Waals surface area contributed by atoms with Crippen LogP contribution in [0, 0.1) is 0 Å². The van der Waals surface area contributed by atoms with E-state index in [0.717, 1.165) is 16.9 Å². The van der Waals surface area contributed by atoms with E-state index in [1.807, 2.05) is 43.3 Å². The molecule has 0 saturated carbocycles. The van der Waals surface area contributed by atoms with E-state index in [-0.39, 0.29) is 0 Å². The molecule has 0 atom stereocenters. The van der Waals surface area contributed by atoms with Gasteiger partial charge in [-0.3, -0.25) is 0 Å². The van der Waals surface area contributed by atoms with E-state index in [9.17, 15) is 0 Å². The van der Waals surface area contributed by atoms with E-state index in [1.54, 1.807) is 20.3 Å². The van der Waals surface area contributed by atoms with Crippen molar-refractivity contribution in [2.45, 2.75) is 17.9 Å². The van der Waals surface area contributed by atoms with Gasteiger partial charge >= 0.3 is 0 Å². The lowest BCUT2D eigenvalue weighted by Gasteiger charge is -2.08. The van der Waals surface area contributed by atoms with Gasteiger partial charge in [-0.15, -0.1) is 10.2 Å². The Hall–Kier alpha value is -2.67. The molecule has 1 heterocycles. The molecule has 2 aromatic carbocycles. The molecule has 0 aliphatic carbocycles. The van der Waals surface area contributed by atoms with Gasteiger partial charge < -0.3 is 18.6 Å². The standard InChI is InChI=1S/C19H20N2O4S/c1-4-24-17-8-6-5-7-13(17)12-26-19-21-20-18(25-19)14-9-15(22-2)11-16(10-14)23-3/h5-11H,4,12H2,1-3H3. The molecule has 7 heteroatoms. The van der Waals surface area contributed by atoms with Gasteiger partial charge in [0.2, 0.25) is 5.89 Å². The van der Waals surface area contributed by atoms with Crippen molar-refractivity contribution >= 4 is 11.8 Å². The van der Waals surface area contributed by atoms with E-state index >= 15 is 0 Å². The zero-order valence-electron chi connectivity index (χ0n) is 14.9. The Morgan fingerprint density at radius 1 is 1.00 bits per heavy atom. The summed E-state index contributed by atoms with van der Waals surface area (Å²) in [5, 5.41) is 8.74. The predicted octanol–water partition coefficient (Wildman–Crippen LogP) is 4.44. The van der Waals surface area contributed by atoms with Crippen molar-refractivity contribution in [3.63, 3.8) is 0 Å². The summed E-state index contributed by atoms with van der Waals surface area (Å²) in [5.74, 6) is 3.30. The highest BCUT2D eigenvalue weighted by molar-refractivity contribution is 7.98. The molecule has 0 aliphatic heterocycles. The van der Waals surface area contributed by atoms with Crippen LogP contribution in [0.5, 0.6) is 17.2 Å². The zero-order valence-corrected chi connectivity index (χ0v) is 15.7. The maximum Gasteiger partial charge on any atom is 0.277 e. The lowest BCUT2D eigenvalue weighted by Crippen LogP contribution is -1.95. The zero-order chi connectivity index (χ0) is 18.4. The van der Waals surface area contributed by atoms with Gasteiger partial charge in [-0.05, 0) is 25.1 Å². The largest absolute Gasteiger partial charge is 0.497 e. The minimum absolute atomic E-state index is 0.419. The van der Waals surface area contributed by atoms with Gasteiger partial charge in [-0.1, -0.05) is 30.0 Å². The topological polar surface area (TPSA) is 66.6 Å². The number of thioether (sulfide) groups is 1. The molecule has 0 N–H and O–H groups in total. The van der Waals surface area contributed by atoms with Gasteiger partial charge in [0.05, 0.1) is 20.8 Å². The number of ether oxygens (including phenoxy) is 3. The van der Waals surface area contributed by atoms with Crippen LogP contribution in [0.3, 0.4) is 0 Å². The van der Waals surface area contributed by atoms with Crippen molar-refractivity contribution in [1.82, 2.24) is 10.2 Å². The molecule has 3 rings (SSSR count). The molecule has 0 spiro atoms. The monoisotopic (exact) mass is 372 g/mol. The second kappa shape index (κ2) is 8.62. The summed E-state index contributed by atoms with van der Waals surface area (Å²) in [6.07, 6.45) is 0. The highest BCUT2D eigenvalue weighted by Crippen LogP contribution is 2.32. The van der Waals surface area contributed by atoms with Gasteiger partial charge in [-0.25, -0.2) is 0 Å². The third-order valence-corrected chi connectivity index (χ3v) is 4.50. The van der Waals surface area contributed by atoms with Crippen LogP contribution in [0.25, 0.3) is 11.5 Å². The fourth-order valence-corrected chi connectivity index (χ4v) is 3.13. The summed E-state index contributed by atoms with van der Waals surface area (Å²) in [6.45, 7) is 2.60. The molecular weight excluding hydrogens is 352 g/mol. The van der Waals surface area contributed by atoms with Gasteiger partial charge in [0, 0.05) is 22.9 Å². The van der Waals surface area contributed by atoms with Gasteiger partial charge in [0.25, 0.3) is 5.22 Å². The number of hydrogen-bond acceptors (Lipinski definition) is 7. The molecule has 1 aromatic heterocycles. The molecule has 6 nitrogen and oxygen atoms in total. The van der Waals surface area contributed by atoms with Crippen LogP contribution in [0.15, 0.2) is 52.1 Å². The Kier molecular flexibility index (Phi) is 6.01. The Morgan fingerprint density at radius 2 is 1.73 bits per heavy atom. The predicted molar refractivity (Wildman–Crippen MR) is 100 cm³/mol. The summed E-state index contributed by atoms with van der Waals surface area (Å²) in [5.41, 5.74) is 1.83. The molecule has 0 fully saturated rings. The Bertz CT molecular complexity index is 844. The quantitative estimate of drug-likeness (QED) is 0.541. The van der Waals surface area contributed by atoms with Crippen molar-refractivity contribution in [3.05, 3.63) is 48.0 Å². The number of nitrogens with zero attached hydrogens (tertiary/aromatic N) is 2. The van der Waals surface area contributed by atoms with Gasteiger partial charge in [0.15, 0.2) is 0 Å². The summed E-state index contributed by atoms with van der Waals surface area (Å²) in [4.78, 5) is 0. The molecule has 0 bridgehead atoms. The van der Waals surface area contributed by atoms with Crippen LogP contribution in [0.2, 0.25) is 0 Å². The maximum absolute atomic E-state index is 5.78. The van der Waals surface area contributed by atoms with Crippen molar-refractivity contribution in [2.24, 2.45) is 0 Å². The van der Waals surface area contributed by atoms with Crippen LogP contribution < -0.4 is 14.2 Å². The number of benzene rings is 2. The molecule has 0 radical (unpaired) electrons. The normalized spacial score (nSPS) is 10.6. The van der Waals surface area contributed by atoms with Crippen LogP contribution in [0.4, 0.5) is 0 Å². The highest BCUT2D eigenvalue weighted by atomic mass is 32.2. The van der Waals surface area contributed by atoms with Crippen molar-refractivity contribution in [2.75, 3.05) is 20.8 Å². The summed E-state index contributed by atoms with van der Waals surface area (Å²) in [7, 11) is 3.20. The molecule has 3 aromatic rings.